The molecule has 0 aliphatic rings. The van der Waals surface area contributed by atoms with Crippen molar-refractivity contribution in [3.63, 3.8) is 0 Å². The van der Waals surface area contributed by atoms with Crippen LogP contribution in [0.25, 0.3) is 0 Å². The first kappa shape index (κ1) is 17.7. The number of unbranched alkanes of at least 4 members (excludes halogenated alkanes) is 1. The zero-order valence-electron chi connectivity index (χ0n) is 14.3. The molecule has 0 aliphatic heterocycles. The molecule has 2 rings (SSSR count). The third-order valence-corrected chi connectivity index (χ3v) is 3.88. The first-order chi connectivity index (χ1) is 11.6. The fourth-order valence-corrected chi connectivity index (χ4v) is 2.45. The Hall–Kier alpha value is -2.62. The fourth-order valence-electron chi connectivity index (χ4n) is 2.45. The van der Waals surface area contributed by atoms with Crippen molar-refractivity contribution in [1.82, 2.24) is 0 Å². The van der Waals surface area contributed by atoms with Crippen LogP contribution in [0.4, 0.5) is 11.4 Å². The Bertz CT molecular complexity index is 693. The zero-order chi connectivity index (χ0) is 17.4. The van der Waals surface area contributed by atoms with Crippen LogP contribution < -0.4 is 10.6 Å². The molecule has 0 saturated carbocycles. The molecular weight excluding hydrogens is 300 g/mol. The van der Waals surface area contributed by atoms with Gasteiger partial charge in [-0.05, 0) is 48.6 Å². The van der Waals surface area contributed by atoms with Gasteiger partial charge in [-0.25, -0.2) is 0 Å². The topological polar surface area (TPSA) is 58.2 Å². The van der Waals surface area contributed by atoms with Crippen molar-refractivity contribution in [1.29, 1.82) is 0 Å². The lowest BCUT2D eigenvalue weighted by molar-refractivity contribution is -0.133. The van der Waals surface area contributed by atoms with E-state index in [0.717, 1.165) is 31.2 Å². The van der Waals surface area contributed by atoms with Gasteiger partial charge in [0.25, 0.3) is 0 Å². The van der Waals surface area contributed by atoms with Crippen LogP contribution in [0.5, 0.6) is 0 Å². The highest BCUT2D eigenvalue weighted by atomic mass is 16.2. The first-order valence-corrected chi connectivity index (χ1v) is 8.43. The summed E-state index contributed by atoms with van der Waals surface area (Å²) in [6.45, 7) is 4.16. The number of aryl methyl sites for hydroxylation is 2. The molecule has 0 saturated heterocycles. The highest BCUT2D eigenvalue weighted by molar-refractivity contribution is 6.43. The molecule has 4 nitrogen and oxygen atoms in total. The average Bonchev–Trinajstić information content (AvgIpc) is 2.61. The minimum atomic E-state index is -0.665. The second-order valence-electron chi connectivity index (χ2n) is 5.72. The number of hydrogen-bond acceptors (Lipinski definition) is 2. The summed E-state index contributed by atoms with van der Waals surface area (Å²) in [5, 5.41) is 5.30. The number of carbonyl (C=O) groups is 2. The number of nitrogens with one attached hydrogen (secondary N) is 2. The van der Waals surface area contributed by atoms with Crippen LogP contribution in [0, 0.1) is 0 Å². The Morgan fingerprint density at radius 1 is 0.875 bits per heavy atom. The monoisotopic (exact) mass is 324 g/mol. The van der Waals surface area contributed by atoms with Crippen molar-refractivity contribution in [2.24, 2.45) is 0 Å². The number of carbonyl (C=O) groups excluding carboxylic acids is 2. The lowest BCUT2D eigenvalue weighted by Gasteiger charge is -2.10. The molecule has 2 N–H and O–H groups in total. The van der Waals surface area contributed by atoms with Crippen molar-refractivity contribution < 1.29 is 9.59 Å². The molecule has 0 atom stereocenters. The third-order valence-electron chi connectivity index (χ3n) is 3.88. The molecule has 0 bridgehead atoms. The number of amides is 2. The molecule has 0 aliphatic carbocycles. The standard InChI is InChI=1S/C20H24N2O2/c1-3-5-8-15-11-13-17(14-12-15)21-19(23)20(24)22-18-10-7-6-9-16(18)4-2/h6-7,9-14H,3-5,8H2,1-2H3,(H,21,23)(H,22,24). The van der Waals surface area contributed by atoms with Gasteiger partial charge >= 0.3 is 11.8 Å². The van der Waals surface area contributed by atoms with Crippen LogP contribution in [0.3, 0.4) is 0 Å². The molecule has 126 valence electrons. The van der Waals surface area contributed by atoms with Crippen molar-refractivity contribution in [3.05, 3.63) is 59.7 Å². The molecule has 24 heavy (non-hydrogen) atoms. The maximum absolute atomic E-state index is 12.1. The van der Waals surface area contributed by atoms with Gasteiger partial charge in [-0.2, -0.15) is 0 Å². The van der Waals surface area contributed by atoms with Gasteiger partial charge in [-0.1, -0.05) is 50.6 Å². The number of anilines is 2. The van der Waals surface area contributed by atoms with E-state index in [1.807, 2.05) is 49.4 Å². The Labute approximate surface area is 143 Å². The van der Waals surface area contributed by atoms with Gasteiger partial charge in [0.15, 0.2) is 0 Å². The first-order valence-electron chi connectivity index (χ1n) is 8.43. The molecule has 0 spiro atoms. The molecule has 0 unspecified atom stereocenters. The molecule has 0 heterocycles. The molecule has 2 aromatic rings. The minimum Gasteiger partial charge on any atom is -0.318 e. The summed E-state index contributed by atoms with van der Waals surface area (Å²) in [4.78, 5) is 24.1. The summed E-state index contributed by atoms with van der Waals surface area (Å²) in [7, 11) is 0. The number of benzene rings is 2. The van der Waals surface area contributed by atoms with Crippen LogP contribution in [0.2, 0.25) is 0 Å². The minimum absolute atomic E-state index is 0.624. The Balaban J connectivity index is 1.95. The molecule has 0 radical (unpaired) electrons. The van der Waals surface area contributed by atoms with Gasteiger partial charge in [0.2, 0.25) is 0 Å². The van der Waals surface area contributed by atoms with Crippen molar-refractivity contribution in [2.45, 2.75) is 39.5 Å². The third kappa shape index (κ3) is 4.95. The predicted molar refractivity (Wildman–Crippen MR) is 98.1 cm³/mol. The van der Waals surface area contributed by atoms with E-state index in [4.69, 9.17) is 0 Å². The maximum Gasteiger partial charge on any atom is 0.314 e. The Kier molecular flexibility index (Phi) is 6.55. The SMILES string of the molecule is CCCCc1ccc(NC(=O)C(=O)Nc2ccccc2CC)cc1. The van der Waals surface area contributed by atoms with Gasteiger partial charge in [0.1, 0.15) is 0 Å². The Morgan fingerprint density at radius 3 is 2.21 bits per heavy atom. The summed E-state index contributed by atoms with van der Waals surface area (Å²) in [6, 6.07) is 15.1. The van der Waals surface area contributed by atoms with E-state index < -0.39 is 11.8 Å². The second-order valence-corrected chi connectivity index (χ2v) is 5.72. The van der Waals surface area contributed by atoms with Crippen LogP contribution in [-0.4, -0.2) is 11.8 Å². The molecule has 2 aromatic carbocycles. The van der Waals surface area contributed by atoms with Gasteiger partial charge in [0, 0.05) is 11.4 Å². The molecule has 0 fully saturated rings. The highest BCUT2D eigenvalue weighted by Crippen LogP contribution is 2.16. The van der Waals surface area contributed by atoms with Crippen molar-refractivity contribution in [3.8, 4) is 0 Å². The van der Waals surface area contributed by atoms with E-state index in [1.165, 1.54) is 5.56 Å². The summed E-state index contributed by atoms with van der Waals surface area (Å²) in [5.74, 6) is -1.33. The van der Waals surface area contributed by atoms with Crippen LogP contribution in [0.15, 0.2) is 48.5 Å². The smallest absolute Gasteiger partial charge is 0.314 e. The lowest BCUT2D eigenvalue weighted by atomic mass is 10.1. The molecule has 4 heteroatoms. The van der Waals surface area contributed by atoms with Crippen molar-refractivity contribution >= 4 is 23.2 Å². The van der Waals surface area contributed by atoms with E-state index in [1.54, 1.807) is 6.07 Å². The molecule has 0 aromatic heterocycles. The van der Waals surface area contributed by atoms with E-state index >= 15 is 0 Å². The second kappa shape index (κ2) is 8.87. The largest absolute Gasteiger partial charge is 0.318 e. The summed E-state index contributed by atoms with van der Waals surface area (Å²) in [6.07, 6.45) is 4.11. The normalized spacial score (nSPS) is 10.2. The van der Waals surface area contributed by atoms with E-state index in [0.29, 0.717) is 11.4 Å². The molecular formula is C20H24N2O2. The van der Waals surface area contributed by atoms with E-state index in [-0.39, 0.29) is 0 Å². The zero-order valence-corrected chi connectivity index (χ0v) is 14.3. The summed E-state index contributed by atoms with van der Waals surface area (Å²) in [5.41, 5.74) is 3.53. The van der Waals surface area contributed by atoms with Gasteiger partial charge < -0.3 is 10.6 Å². The van der Waals surface area contributed by atoms with Crippen LogP contribution in [0.1, 0.15) is 37.8 Å². The van der Waals surface area contributed by atoms with Crippen LogP contribution >= 0.6 is 0 Å². The number of para-hydroxylation sites is 1. The van der Waals surface area contributed by atoms with E-state index in [9.17, 15) is 9.59 Å². The van der Waals surface area contributed by atoms with E-state index in [2.05, 4.69) is 17.6 Å². The van der Waals surface area contributed by atoms with Gasteiger partial charge in [-0.3, -0.25) is 9.59 Å². The summed E-state index contributed by atoms with van der Waals surface area (Å²) < 4.78 is 0. The van der Waals surface area contributed by atoms with Gasteiger partial charge in [-0.15, -0.1) is 0 Å². The fraction of sp³-hybridized carbons (Fsp3) is 0.300. The summed E-state index contributed by atoms with van der Waals surface area (Å²) >= 11 is 0. The van der Waals surface area contributed by atoms with Crippen molar-refractivity contribution in [2.75, 3.05) is 10.6 Å². The Morgan fingerprint density at radius 2 is 1.54 bits per heavy atom. The average molecular weight is 324 g/mol. The molecule has 2 amide bonds. The van der Waals surface area contributed by atoms with Gasteiger partial charge in [0.05, 0.1) is 0 Å². The number of rotatable bonds is 6. The maximum atomic E-state index is 12.1. The van der Waals surface area contributed by atoms with Crippen LogP contribution in [-0.2, 0) is 22.4 Å². The lowest BCUT2D eigenvalue weighted by Crippen LogP contribution is -2.29. The predicted octanol–water partition coefficient (Wildman–Crippen LogP) is 4.17. The highest BCUT2D eigenvalue weighted by Gasteiger charge is 2.15. The number of hydrogen-bond donors (Lipinski definition) is 2. The quantitative estimate of drug-likeness (QED) is 0.784.